The average molecular weight is 441 g/mol. The van der Waals surface area contributed by atoms with E-state index in [4.69, 9.17) is 11.6 Å². The highest BCUT2D eigenvalue weighted by molar-refractivity contribution is 6.29. The van der Waals surface area contributed by atoms with Crippen molar-refractivity contribution in [3.05, 3.63) is 41.8 Å². The molecule has 2 amide bonds. The summed E-state index contributed by atoms with van der Waals surface area (Å²) in [5, 5.41) is 11.1. The van der Waals surface area contributed by atoms with Gasteiger partial charge < -0.3 is 20.9 Å². The van der Waals surface area contributed by atoms with Crippen molar-refractivity contribution < 1.29 is 4.79 Å². The van der Waals surface area contributed by atoms with Crippen LogP contribution in [0, 0.1) is 0 Å². The molecule has 31 heavy (non-hydrogen) atoms. The van der Waals surface area contributed by atoms with Gasteiger partial charge in [-0.3, -0.25) is 0 Å². The minimum atomic E-state index is -0.236. The molecule has 1 aliphatic carbocycles. The van der Waals surface area contributed by atoms with Crippen molar-refractivity contribution in [1.29, 1.82) is 0 Å². The second-order valence-corrected chi connectivity index (χ2v) is 9.59. The number of urea groups is 1. The van der Waals surface area contributed by atoms with Crippen LogP contribution in [-0.2, 0) is 0 Å². The van der Waals surface area contributed by atoms with E-state index in [-0.39, 0.29) is 17.6 Å². The number of pyridine rings is 2. The third-order valence-corrected chi connectivity index (χ3v) is 5.65. The van der Waals surface area contributed by atoms with Crippen LogP contribution in [0.2, 0.25) is 5.15 Å². The number of aromatic nitrogens is 3. The standard InChI is InChI=1S/C23H29ClN6O/c1-23(2,3)30-22(31)28-16-8-6-15(7-9-16)27-20-12-14(11-19(24)29-20)18-13-26-21-17(18)5-4-10-25-21/h4-5,10-13,15-16H,6-9H2,1-3H3,(H,25,26)(H,27,29)(H2,28,30,31). The van der Waals surface area contributed by atoms with Crippen LogP contribution in [0.15, 0.2) is 36.7 Å². The second kappa shape index (κ2) is 8.75. The van der Waals surface area contributed by atoms with Gasteiger partial charge in [0.2, 0.25) is 0 Å². The van der Waals surface area contributed by atoms with Gasteiger partial charge in [0.15, 0.2) is 0 Å². The van der Waals surface area contributed by atoms with Crippen LogP contribution in [0.4, 0.5) is 10.6 Å². The van der Waals surface area contributed by atoms with E-state index in [2.05, 4.69) is 30.9 Å². The van der Waals surface area contributed by atoms with Gasteiger partial charge in [-0.05, 0) is 76.3 Å². The molecule has 4 rings (SSSR count). The van der Waals surface area contributed by atoms with Gasteiger partial charge in [0.25, 0.3) is 0 Å². The van der Waals surface area contributed by atoms with E-state index in [1.54, 1.807) is 6.20 Å². The van der Waals surface area contributed by atoms with Crippen LogP contribution in [0.25, 0.3) is 22.2 Å². The lowest BCUT2D eigenvalue weighted by molar-refractivity contribution is 0.223. The Morgan fingerprint density at radius 2 is 1.90 bits per heavy atom. The van der Waals surface area contributed by atoms with Crippen LogP contribution in [0.1, 0.15) is 46.5 Å². The summed E-state index contributed by atoms with van der Waals surface area (Å²) in [5.41, 5.74) is 2.66. The van der Waals surface area contributed by atoms with E-state index in [0.29, 0.717) is 11.2 Å². The van der Waals surface area contributed by atoms with Gasteiger partial charge in [-0.1, -0.05) is 11.6 Å². The Bertz CT molecular complexity index is 1070. The fraction of sp³-hybridized carbons (Fsp3) is 0.435. The molecule has 3 heterocycles. The van der Waals surface area contributed by atoms with Gasteiger partial charge in [0, 0.05) is 41.0 Å². The van der Waals surface area contributed by atoms with Gasteiger partial charge in [0.1, 0.15) is 16.6 Å². The predicted molar refractivity (Wildman–Crippen MR) is 125 cm³/mol. The molecule has 164 valence electrons. The highest BCUT2D eigenvalue weighted by atomic mass is 35.5. The molecule has 0 unspecified atom stereocenters. The number of carbonyl (C=O) groups is 1. The average Bonchev–Trinajstić information content (AvgIpc) is 3.12. The van der Waals surface area contributed by atoms with E-state index in [9.17, 15) is 4.79 Å². The van der Waals surface area contributed by atoms with Crippen molar-refractivity contribution in [2.75, 3.05) is 5.32 Å². The van der Waals surface area contributed by atoms with E-state index in [1.807, 2.05) is 51.2 Å². The third kappa shape index (κ3) is 5.47. The van der Waals surface area contributed by atoms with Crippen LogP contribution < -0.4 is 16.0 Å². The first kappa shape index (κ1) is 21.4. The molecular weight excluding hydrogens is 412 g/mol. The van der Waals surface area contributed by atoms with Crippen molar-refractivity contribution in [2.45, 2.75) is 64.1 Å². The van der Waals surface area contributed by atoms with Crippen LogP contribution in [0.5, 0.6) is 0 Å². The molecule has 7 nitrogen and oxygen atoms in total. The zero-order chi connectivity index (χ0) is 22.0. The Hall–Kier alpha value is -2.80. The topological polar surface area (TPSA) is 94.7 Å². The zero-order valence-corrected chi connectivity index (χ0v) is 18.9. The monoisotopic (exact) mass is 440 g/mol. The minimum Gasteiger partial charge on any atom is -0.367 e. The minimum absolute atomic E-state index is 0.0988. The van der Waals surface area contributed by atoms with Crippen molar-refractivity contribution in [3.63, 3.8) is 0 Å². The number of aromatic amines is 1. The first-order valence-corrected chi connectivity index (χ1v) is 11.1. The fourth-order valence-electron chi connectivity index (χ4n) is 4.07. The summed E-state index contributed by atoms with van der Waals surface area (Å²) in [4.78, 5) is 24.2. The zero-order valence-electron chi connectivity index (χ0n) is 18.1. The summed E-state index contributed by atoms with van der Waals surface area (Å²) in [7, 11) is 0. The Kier molecular flexibility index (Phi) is 6.05. The maximum atomic E-state index is 12.1. The Labute approximate surface area is 187 Å². The summed E-state index contributed by atoms with van der Waals surface area (Å²) < 4.78 is 0. The Balaban J connectivity index is 1.39. The number of fused-ring (bicyclic) bond motifs is 1. The second-order valence-electron chi connectivity index (χ2n) is 9.21. The molecule has 0 radical (unpaired) electrons. The lowest BCUT2D eigenvalue weighted by Gasteiger charge is -2.31. The molecule has 8 heteroatoms. The summed E-state index contributed by atoms with van der Waals surface area (Å²) in [6.45, 7) is 5.94. The van der Waals surface area contributed by atoms with E-state index < -0.39 is 0 Å². The number of nitrogens with one attached hydrogen (secondary N) is 4. The largest absolute Gasteiger partial charge is 0.367 e. The van der Waals surface area contributed by atoms with Crippen molar-refractivity contribution in [3.8, 4) is 11.1 Å². The molecule has 0 aliphatic heterocycles. The molecule has 1 saturated carbocycles. The van der Waals surface area contributed by atoms with Crippen LogP contribution in [-0.4, -0.2) is 38.6 Å². The smallest absolute Gasteiger partial charge is 0.315 e. The van der Waals surface area contributed by atoms with Crippen molar-refractivity contribution in [1.82, 2.24) is 25.6 Å². The highest BCUT2D eigenvalue weighted by Crippen LogP contribution is 2.31. The number of anilines is 1. The number of halogens is 1. The first-order valence-electron chi connectivity index (χ1n) is 10.7. The van der Waals surface area contributed by atoms with Gasteiger partial charge in [0.05, 0.1) is 0 Å². The molecule has 4 N–H and O–H groups in total. The third-order valence-electron chi connectivity index (χ3n) is 5.46. The van der Waals surface area contributed by atoms with Crippen LogP contribution in [0.3, 0.4) is 0 Å². The van der Waals surface area contributed by atoms with Gasteiger partial charge in [-0.25, -0.2) is 14.8 Å². The molecule has 1 fully saturated rings. The van der Waals surface area contributed by atoms with Gasteiger partial charge >= 0.3 is 6.03 Å². The van der Waals surface area contributed by atoms with Crippen molar-refractivity contribution >= 4 is 34.5 Å². The number of amides is 2. The van der Waals surface area contributed by atoms with E-state index in [0.717, 1.165) is 53.7 Å². The summed E-state index contributed by atoms with van der Waals surface area (Å²) >= 11 is 6.34. The molecular formula is C23H29ClN6O. The number of hydrogen-bond donors (Lipinski definition) is 4. The SMILES string of the molecule is CC(C)(C)NC(=O)NC1CCC(Nc2cc(-c3c[nH]c4ncccc34)cc(Cl)n2)CC1. The molecule has 0 aromatic carbocycles. The van der Waals surface area contributed by atoms with E-state index in [1.165, 1.54) is 0 Å². The molecule has 0 saturated heterocycles. The van der Waals surface area contributed by atoms with Gasteiger partial charge in [-0.2, -0.15) is 0 Å². The summed E-state index contributed by atoms with van der Waals surface area (Å²) in [6, 6.07) is 8.27. The maximum Gasteiger partial charge on any atom is 0.315 e. The number of H-pyrrole nitrogens is 1. The number of carbonyl (C=O) groups excluding carboxylic acids is 1. The predicted octanol–water partition coefficient (Wildman–Crippen LogP) is 5.10. The normalized spacial score (nSPS) is 19.2. The summed E-state index contributed by atoms with van der Waals surface area (Å²) in [6.07, 6.45) is 7.50. The lowest BCUT2D eigenvalue weighted by atomic mass is 9.91. The molecule has 3 aromatic heterocycles. The quantitative estimate of drug-likeness (QED) is 0.424. The first-order chi connectivity index (χ1) is 14.8. The lowest BCUT2D eigenvalue weighted by Crippen LogP contribution is -2.50. The summed E-state index contributed by atoms with van der Waals surface area (Å²) in [5.74, 6) is 0.766. The van der Waals surface area contributed by atoms with Crippen molar-refractivity contribution in [2.24, 2.45) is 0 Å². The fourth-order valence-corrected chi connectivity index (χ4v) is 4.28. The molecule has 0 atom stereocenters. The molecule has 0 spiro atoms. The molecule has 3 aromatic rings. The number of nitrogens with zero attached hydrogens (tertiary/aromatic N) is 2. The van der Waals surface area contributed by atoms with Crippen LogP contribution >= 0.6 is 11.6 Å². The highest BCUT2D eigenvalue weighted by Gasteiger charge is 2.24. The number of rotatable bonds is 4. The van der Waals surface area contributed by atoms with Gasteiger partial charge in [-0.15, -0.1) is 0 Å². The number of hydrogen-bond acceptors (Lipinski definition) is 4. The Morgan fingerprint density at radius 1 is 1.16 bits per heavy atom. The molecule has 1 aliphatic rings. The van der Waals surface area contributed by atoms with E-state index >= 15 is 0 Å². The molecule has 0 bridgehead atoms. The Morgan fingerprint density at radius 3 is 2.65 bits per heavy atom. The maximum absolute atomic E-state index is 12.1.